The Morgan fingerprint density at radius 3 is 3.16 bits per heavy atom. The Bertz CT molecular complexity index is 456. The van der Waals surface area contributed by atoms with Crippen LogP contribution in [0.3, 0.4) is 0 Å². The first kappa shape index (κ1) is 14.3. The van der Waals surface area contributed by atoms with Gasteiger partial charge in [-0.2, -0.15) is 0 Å². The minimum Gasteiger partial charge on any atom is -0.376 e. The van der Waals surface area contributed by atoms with Crippen molar-refractivity contribution in [2.45, 2.75) is 32.4 Å². The average Bonchev–Trinajstić information content (AvgIpc) is 2.90. The van der Waals surface area contributed by atoms with E-state index >= 15 is 0 Å². The van der Waals surface area contributed by atoms with Gasteiger partial charge in [-0.25, -0.2) is 4.99 Å². The maximum absolute atomic E-state index is 5.86. The Kier molecular flexibility index (Phi) is 5.22. The van der Waals surface area contributed by atoms with Crippen LogP contribution in [0.2, 0.25) is 0 Å². The summed E-state index contributed by atoms with van der Waals surface area (Å²) in [4.78, 5) is 4.36. The summed E-state index contributed by atoms with van der Waals surface area (Å²) in [6.45, 7) is 4.27. The van der Waals surface area contributed by atoms with Crippen LogP contribution in [0, 0.1) is 6.92 Å². The first-order valence-electron chi connectivity index (χ1n) is 6.55. The highest BCUT2D eigenvalue weighted by Crippen LogP contribution is 2.16. The molecule has 1 aromatic carbocycles. The molecule has 1 unspecified atom stereocenters. The molecule has 1 aliphatic rings. The zero-order valence-corrected chi connectivity index (χ0v) is 12.7. The molecular formula is C14H20BrN3O. The first-order chi connectivity index (χ1) is 9.15. The third-order valence-electron chi connectivity index (χ3n) is 3.27. The summed E-state index contributed by atoms with van der Waals surface area (Å²) in [7, 11) is 0. The van der Waals surface area contributed by atoms with Crippen LogP contribution in [0.15, 0.2) is 27.7 Å². The van der Waals surface area contributed by atoms with Gasteiger partial charge in [-0.15, -0.1) is 0 Å². The van der Waals surface area contributed by atoms with Crippen LogP contribution in [0.4, 0.5) is 0 Å². The predicted molar refractivity (Wildman–Crippen MR) is 81.2 cm³/mol. The summed E-state index contributed by atoms with van der Waals surface area (Å²) < 4.78 is 6.59. The minimum atomic E-state index is 0.279. The second-order valence-electron chi connectivity index (χ2n) is 4.79. The number of rotatable bonds is 4. The van der Waals surface area contributed by atoms with E-state index < -0.39 is 0 Å². The van der Waals surface area contributed by atoms with Gasteiger partial charge in [0.15, 0.2) is 5.96 Å². The van der Waals surface area contributed by atoms with Crippen molar-refractivity contribution in [3.05, 3.63) is 33.8 Å². The van der Waals surface area contributed by atoms with Crippen LogP contribution >= 0.6 is 15.9 Å². The Balaban J connectivity index is 1.84. The number of hydrogen-bond acceptors (Lipinski definition) is 2. The van der Waals surface area contributed by atoms with Gasteiger partial charge >= 0.3 is 0 Å². The predicted octanol–water partition coefficient (Wildman–Crippen LogP) is 2.34. The number of nitrogens with zero attached hydrogens (tertiary/aromatic N) is 1. The van der Waals surface area contributed by atoms with Crippen LogP contribution in [0.1, 0.15) is 24.0 Å². The van der Waals surface area contributed by atoms with Crippen molar-refractivity contribution in [2.24, 2.45) is 10.7 Å². The molecule has 1 fully saturated rings. The van der Waals surface area contributed by atoms with Gasteiger partial charge in [-0.05, 0) is 43.0 Å². The molecule has 2 rings (SSSR count). The fourth-order valence-corrected chi connectivity index (χ4v) is 2.47. The Morgan fingerprint density at radius 2 is 2.42 bits per heavy atom. The molecule has 0 amide bonds. The van der Waals surface area contributed by atoms with E-state index in [9.17, 15) is 0 Å². The van der Waals surface area contributed by atoms with E-state index in [1.807, 2.05) is 6.07 Å². The van der Waals surface area contributed by atoms with E-state index in [0.717, 1.165) is 30.5 Å². The lowest BCUT2D eigenvalue weighted by atomic mass is 10.1. The van der Waals surface area contributed by atoms with Crippen molar-refractivity contribution in [2.75, 3.05) is 13.2 Å². The van der Waals surface area contributed by atoms with E-state index in [-0.39, 0.29) is 6.10 Å². The number of nitrogens with two attached hydrogens (primary N) is 1. The van der Waals surface area contributed by atoms with Crippen molar-refractivity contribution in [3.8, 4) is 0 Å². The molecule has 4 nitrogen and oxygen atoms in total. The van der Waals surface area contributed by atoms with Gasteiger partial charge in [0.1, 0.15) is 0 Å². The molecule has 3 N–H and O–H groups in total. The molecule has 0 spiro atoms. The lowest BCUT2D eigenvalue weighted by molar-refractivity contribution is 0.114. The molecular weight excluding hydrogens is 306 g/mol. The molecule has 0 aliphatic carbocycles. The highest BCUT2D eigenvalue weighted by molar-refractivity contribution is 9.10. The molecule has 1 aliphatic heterocycles. The highest BCUT2D eigenvalue weighted by atomic mass is 79.9. The van der Waals surface area contributed by atoms with Gasteiger partial charge in [-0.3, -0.25) is 0 Å². The lowest BCUT2D eigenvalue weighted by Gasteiger charge is -2.11. The van der Waals surface area contributed by atoms with Crippen molar-refractivity contribution in [1.29, 1.82) is 0 Å². The molecule has 1 atom stereocenters. The largest absolute Gasteiger partial charge is 0.376 e. The topological polar surface area (TPSA) is 59.6 Å². The Hall–Kier alpha value is -1.07. The van der Waals surface area contributed by atoms with E-state index in [2.05, 4.69) is 45.3 Å². The smallest absolute Gasteiger partial charge is 0.189 e. The fraction of sp³-hybridized carbons (Fsp3) is 0.500. The van der Waals surface area contributed by atoms with E-state index in [1.165, 1.54) is 11.1 Å². The number of nitrogens with one attached hydrogen (secondary N) is 1. The second-order valence-corrected chi connectivity index (χ2v) is 5.70. The van der Waals surface area contributed by atoms with E-state index in [4.69, 9.17) is 10.5 Å². The molecule has 0 aromatic heterocycles. The van der Waals surface area contributed by atoms with Gasteiger partial charge in [0.25, 0.3) is 0 Å². The van der Waals surface area contributed by atoms with Crippen LogP contribution in [-0.2, 0) is 11.3 Å². The summed E-state index contributed by atoms with van der Waals surface area (Å²) in [6, 6.07) is 6.18. The molecule has 1 heterocycles. The van der Waals surface area contributed by atoms with Gasteiger partial charge in [0.2, 0.25) is 0 Å². The van der Waals surface area contributed by atoms with Gasteiger partial charge in [0, 0.05) is 17.6 Å². The molecule has 5 heteroatoms. The minimum absolute atomic E-state index is 0.279. The lowest BCUT2D eigenvalue weighted by Crippen LogP contribution is -2.37. The SMILES string of the molecule is Cc1ccc(Br)cc1CN=C(N)NCC1CCCO1. The summed E-state index contributed by atoms with van der Waals surface area (Å²) in [5.41, 5.74) is 8.26. The molecule has 104 valence electrons. The van der Waals surface area contributed by atoms with Gasteiger partial charge in [0.05, 0.1) is 12.6 Å². The maximum atomic E-state index is 5.86. The van der Waals surface area contributed by atoms with Crippen LogP contribution in [0.5, 0.6) is 0 Å². The Morgan fingerprint density at radius 1 is 1.58 bits per heavy atom. The third-order valence-corrected chi connectivity index (χ3v) is 3.76. The summed E-state index contributed by atoms with van der Waals surface area (Å²) in [6.07, 6.45) is 2.52. The second kappa shape index (κ2) is 6.91. The number of ether oxygens (including phenoxy) is 1. The van der Waals surface area contributed by atoms with Crippen molar-refractivity contribution < 1.29 is 4.74 Å². The van der Waals surface area contributed by atoms with Crippen LogP contribution in [0.25, 0.3) is 0 Å². The number of aryl methyl sites for hydroxylation is 1. The number of aliphatic imine (C=N–C) groups is 1. The molecule has 1 saturated heterocycles. The molecule has 0 saturated carbocycles. The number of benzene rings is 1. The van der Waals surface area contributed by atoms with Crippen LogP contribution < -0.4 is 11.1 Å². The van der Waals surface area contributed by atoms with Crippen molar-refractivity contribution in [3.63, 3.8) is 0 Å². The maximum Gasteiger partial charge on any atom is 0.189 e. The van der Waals surface area contributed by atoms with Crippen molar-refractivity contribution >= 4 is 21.9 Å². The van der Waals surface area contributed by atoms with E-state index in [1.54, 1.807) is 0 Å². The molecule has 19 heavy (non-hydrogen) atoms. The number of halogens is 1. The molecule has 0 bridgehead atoms. The zero-order valence-electron chi connectivity index (χ0n) is 11.2. The van der Waals surface area contributed by atoms with E-state index in [0.29, 0.717) is 12.5 Å². The normalized spacial score (nSPS) is 19.7. The number of hydrogen-bond donors (Lipinski definition) is 2. The van der Waals surface area contributed by atoms with Gasteiger partial charge in [-0.1, -0.05) is 22.0 Å². The summed E-state index contributed by atoms with van der Waals surface area (Å²) in [5, 5.41) is 3.12. The zero-order chi connectivity index (χ0) is 13.7. The number of guanidine groups is 1. The quantitative estimate of drug-likeness (QED) is 0.659. The summed E-state index contributed by atoms with van der Waals surface area (Å²) >= 11 is 3.47. The Labute approximate surface area is 122 Å². The third kappa shape index (κ3) is 4.51. The van der Waals surface area contributed by atoms with Crippen LogP contribution in [-0.4, -0.2) is 25.2 Å². The molecule has 0 radical (unpaired) electrons. The molecule has 1 aromatic rings. The monoisotopic (exact) mass is 325 g/mol. The first-order valence-corrected chi connectivity index (χ1v) is 7.35. The van der Waals surface area contributed by atoms with Crippen molar-refractivity contribution in [1.82, 2.24) is 5.32 Å². The fourth-order valence-electron chi connectivity index (χ4n) is 2.06. The highest BCUT2D eigenvalue weighted by Gasteiger charge is 2.14. The standard InChI is InChI=1S/C14H20BrN3O/c1-10-4-5-12(15)7-11(10)8-17-14(16)18-9-13-3-2-6-19-13/h4-5,7,13H,2-3,6,8-9H2,1H3,(H3,16,17,18). The van der Waals surface area contributed by atoms with Gasteiger partial charge < -0.3 is 15.8 Å². The average molecular weight is 326 g/mol. The summed E-state index contributed by atoms with van der Waals surface area (Å²) in [5.74, 6) is 0.481.